The predicted octanol–water partition coefficient (Wildman–Crippen LogP) is 1.99. The average molecular weight is 264 g/mol. The maximum Gasteiger partial charge on any atom is 0.225 e. The lowest BCUT2D eigenvalue weighted by molar-refractivity contribution is -0.129. The summed E-state index contributed by atoms with van der Waals surface area (Å²) in [6.07, 6.45) is 0.670. The summed E-state index contributed by atoms with van der Waals surface area (Å²) in [6, 6.07) is 5.93. The van der Waals surface area contributed by atoms with Crippen LogP contribution in [0.1, 0.15) is 31.4 Å². The Morgan fingerprint density at radius 1 is 1.42 bits per heavy atom. The number of nitrogens with two attached hydrogens (primary N) is 1. The number of aryl methyl sites for hydroxylation is 1. The summed E-state index contributed by atoms with van der Waals surface area (Å²) >= 11 is 0. The molecule has 0 aromatic heterocycles. The molecule has 0 heterocycles. The maximum atomic E-state index is 12.1. The van der Waals surface area contributed by atoms with Crippen molar-refractivity contribution in [2.24, 2.45) is 11.1 Å². The van der Waals surface area contributed by atoms with Gasteiger partial charge in [-0.1, -0.05) is 31.5 Å². The fourth-order valence-electron chi connectivity index (χ4n) is 1.93. The zero-order valence-electron chi connectivity index (χ0n) is 12.2. The highest BCUT2D eigenvalue weighted by Gasteiger charge is 2.26. The molecule has 0 aliphatic rings. The molecule has 0 bridgehead atoms. The minimum Gasteiger partial charge on any atom is -0.496 e. The van der Waals surface area contributed by atoms with Gasteiger partial charge in [0.15, 0.2) is 0 Å². The van der Waals surface area contributed by atoms with Crippen LogP contribution in [0.4, 0.5) is 0 Å². The molecule has 0 aliphatic heterocycles. The average Bonchev–Trinajstić information content (AvgIpc) is 2.36. The lowest BCUT2D eigenvalue weighted by Crippen LogP contribution is -2.37. The molecule has 0 fully saturated rings. The van der Waals surface area contributed by atoms with E-state index in [0.717, 1.165) is 16.9 Å². The van der Waals surface area contributed by atoms with Crippen LogP contribution in [0.5, 0.6) is 5.75 Å². The van der Waals surface area contributed by atoms with Gasteiger partial charge in [-0.05, 0) is 26.0 Å². The van der Waals surface area contributed by atoms with Gasteiger partial charge in [0.1, 0.15) is 5.75 Å². The molecular weight excluding hydrogens is 240 g/mol. The molecule has 4 nitrogen and oxygen atoms in total. The van der Waals surface area contributed by atoms with Crippen molar-refractivity contribution in [1.82, 2.24) is 5.32 Å². The lowest BCUT2D eigenvalue weighted by atomic mass is 9.88. The number of methoxy groups -OCH3 is 1. The summed E-state index contributed by atoms with van der Waals surface area (Å²) < 4.78 is 5.29. The van der Waals surface area contributed by atoms with E-state index in [0.29, 0.717) is 19.5 Å². The molecule has 0 unspecified atom stereocenters. The molecule has 1 aromatic rings. The second kappa shape index (κ2) is 6.57. The Morgan fingerprint density at radius 3 is 2.68 bits per heavy atom. The topological polar surface area (TPSA) is 64.3 Å². The molecule has 0 radical (unpaired) electrons. The van der Waals surface area contributed by atoms with Crippen molar-refractivity contribution in [3.8, 4) is 5.75 Å². The number of nitrogens with one attached hydrogen (secondary N) is 1. The number of amides is 1. The zero-order valence-corrected chi connectivity index (χ0v) is 12.2. The molecule has 1 amide bonds. The fourth-order valence-corrected chi connectivity index (χ4v) is 1.93. The highest BCUT2D eigenvalue weighted by Crippen LogP contribution is 2.22. The summed E-state index contributed by atoms with van der Waals surface area (Å²) in [5.74, 6) is 0.809. The molecule has 0 atom stereocenters. The second-order valence-electron chi connectivity index (χ2n) is 5.42. The molecule has 0 saturated carbocycles. The van der Waals surface area contributed by atoms with E-state index < -0.39 is 5.41 Å². The largest absolute Gasteiger partial charge is 0.496 e. The van der Waals surface area contributed by atoms with Crippen molar-refractivity contribution >= 4 is 5.91 Å². The van der Waals surface area contributed by atoms with Crippen LogP contribution in [0.3, 0.4) is 0 Å². The normalized spacial score (nSPS) is 11.2. The van der Waals surface area contributed by atoms with Crippen molar-refractivity contribution in [3.05, 3.63) is 29.3 Å². The Hall–Kier alpha value is -1.55. The van der Waals surface area contributed by atoms with Crippen molar-refractivity contribution in [2.45, 2.75) is 33.7 Å². The van der Waals surface area contributed by atoms with Crippen LogP contribution < -0.4 is 15.8 Å². The van der Waals surface area contributed by atoms with Crippen LogP contribution in [-0.2, 0) is 11.3 Å². The molecule has 1 rings (SSSR count). The third-order valence-corrected chi connectivity index (χ3v) is 3.26. The van der Waals surface area contributed by atoms with E-state index in [1.807, 2.05) is 39.0 Å². The van der Waals surface area contributed by atoms with Gasteiger partial charge in [-0.15, -0.1) is 0 Å². The molecule has 4 heteroatoms. The van der Waals surface area contributed by atoms with Gasteiger partial charge in [-0.3, -0.25) is 4.79 Å². The fraction of sp³-hybridized carbons (Fsp3) is 0.533. The Kier molecular flexibility index (Phi) is 5.36. The van der Waals surface area contributed by atoms with E-state index in [-0.39, 0.29) is 5.91 Å². The number of ether oxygens (including phenoxy) is 1. The van der Waals surface area contributed by atoms with E-state index in [4.69, 9.17) is 10.5 Å². The van der Waals surface area contributed by atoms with Gasteiger partial charge in [0.25, 0.3) is 0 Å². The summed E-state index contributed by atoms with van der Waals surface area (Å²) in [5, 5.41) is 2.95. The smallest absolute Gasteiger partial charge is 0.225 e. The minimum atomic E-state index is -0.439. The van der Waals surface area contributed by atoms with E-state index in [9.17, 15) is 4.79 Å². The first kappa shape index (κ1) is 15.5. The minimum absolute atomic E-state index is 0.0153. The number of carbonyl (C=O) groups excluding carboxylic acids is 1. The monoisotopic (exact) mass is 264 g/mol. The Balaban J connectivity index is 2.71. The van der Waals surface area contributed by atoms with Crippen molar-refractivity contribution in [2.75, 3.05) is 13.7 Å². The molecule has 0 aliphatic carbocycles. The van der Waals surface area contributed by atoms with Crippen LogP contribution in [-0.4, -0.2) is 19.6 Å². The molecule has 3 N–H and O–H groups in total. The van der Waals surface area contributed by atoms with Crippen LogP contribution in [0.25, 0.3) is 0 Å². The summed E-state index contributed by atoms with van der Waals surface area (Å²) in [7, 11) is 1.63. The summed E-state index contributed by atoms with van der Waals surface area (Å²) in [6.45, 7) is 6.81. The van der Waals surface area contributed by atoms with Gasteiger partial charge in [0, 0.05) is 17.5 Å². The van der Waals surface area contributed by atoms with E-state index in [2.05, 4.69) is 5.32 Å². The Bertz CT molecular complexity index is 442. The molecule has 0 saturated heterocycles. The first-order valence-electron chi connectivity index (χ1n) is 6.52. The SMILES string of the molecule is COc1ccc(C)cc1CNC(=O)C(C)(C)CCN. The summed E-state index contributed by atoms with van der Waals surface area (Å²) in [5.41, 5.74) is 7.22. The zero-order chi connectivity index (χ0) is 14.5. The first-order chi connectivity index (χ1) is 8.90. The quantitative estimate of drug-likeness (QED) is 0.826. The standard InChI is InChI=1S/C15H24N2O2/c1-11-5-6-13(19-4)12(9-11)10-17-14(18)15(2,3)7-8-16/h5-6,9H,7-8,10,16H2,1-4H3,(H,17,18). The number of rotatable bonds is 6. The number of benzene rings is 1. The first-order valence-corrected chi connectivity index (χ1v) is 6.52. The Labute approximate surface area is 115 Å². The van der Waals surface area contributed by atoms with Crippen molar-refractivity contribution < 1.29 is 9.53 Å². The van der Waals surface area contributed by atoms with E-state index in [1.165, 1.54) is 0 Å². The van der Waals surface area contributed by atoms with Crippen LogP contribution in [0, 0.1) is 12.3 Å². The third-order valence-electron chi connectivity index (χ3n) is 3.26. The van der Waals surface area contributed by atoms with Gasteiger partial charge in [-0.25, -0.2) is 0 Å². The van der Waals surface area contributed by atoms with Crippen LogP contribution >= 0.6 is 0 Å². The third kappa shape index (κ3) is 4.24. The highest BCUT2D eigenvalue weighted by molar-refractivity contribution is 5.81. The van der Waals surface area contributed by atoms with Gasteiger partial charge in [0.2, 0.25) is 5.91 Å². The van der Waals surface area contributed by atoms with E-state index in [1.54, 1.807) is 7.11 Å². The van der Waals surface area contributed by atoms with Gasteiger partial charge in [0.05, 0.1) is 7.11 Å². The predicted molar refractivity (Wildman–Crippen MR) is 77.0 cm³/mol. The number of hydrogen-bond donors (Lipinski definition) is 2. The number of carbonyl (C=O) groups is 1. The van der Waals surface area contributed by atoms with E-state index >= 15 is 0 Å². The van der Waals surface area contributed by atoms with Gasteiger partial charge in [-0.2, -0.15) is 0 Å². The molecular formula is C15H24N2O2. The van der Waals surface area contributed by atoms with Crippen LogP contribution in [0.15, 0.2) is 18.2 Å². The second-order valence-corrected chi connectivity index (χ2v) is 5.42. The molecule has 1 aromatic carbocycles. The maximum absolute atomic E-state index is 12.1. The van der Waals surface area contributed by atoms with Crippen molar-refractivity contribution in [1.29, 1.82) is 0 Å². The van der Waals surface area contributed by atoms with Gasteiger partial charge >= 0.3 is 0 Å². The Morgan fingerprint density at radius 2 is 2.11 bits per heavy atom. The summed E-state index contributed by atoms with van der Waals surface area (Å²) in [4.78, 5) is 12.1. The van der Waals surface area contributed by atoms with Gasteiger partial charge < -0.3 is 15.8 Å². The lowest BCUT2D eigenvalue weighted by Gasteiger charge is -2.23. The molecule has 19 heavy (non-hydrogen) atoms. The molecule has 106 valence electrons. The van der Waals surface area contributed by atoms with Crippen molar-refractivity contribution in [3.63, 3.8) is 0 Å². The highest BCUT2D eigenvalue weighted by atomic mass is 16.5. The molecule has 0 spiro atoms. The van der Waals surface area contributed by atoms with Crippen LogP contribution in [0.2, 0.25) is 0 Å². The number of hydrogen-bond acceptors (Lipinski definition) is 3.